The highest BCUT2D eigenvalue weighted by molar-refractivity contribution is 5.66. The number of nitrogens with zero attached hydrogens (tertiary/aromatic N) is 5. The summed E-state index contributed by atoms with van der Waals surface area (Å²) in [6.45, 7) is 0.547. The summed E-state index contributed by atoms with van der Waals surface area (Å²) >= 11 is 0. The van der Waals surface area contributed by atoms with Crippen LogP contribution in [0.15, 0.2) is 76.2 Å². The van der Waals surface area contributed by atoms with E-state index in [0.29, 0.717) is 35.6 Å². The Labute approximate surface area is 206 Å². The average molecular weight is 511 g/mol. The number of hydrogen-bond acceptors (Lipinski definition) is 7. The zero-order valence-electron chi connectivity index (χ0n) is 18.9. The summed E-state index contributed by atoms with van der Waals surface area (Å²) in [5, 5.41) is 7.64. The molecular weight excluding hydrogens is 494 g/mol. The molecule has 0 saturated carbocycles. The molecule has 2 aromatic carbocycles. The Morgan fingerprint density at radius 2 is 1.76 bits per heavy atom. The van der Waals surface area contributed by atoms with Crippen LogP contribution in [0.3, 0.4) is 0 Å². The number of rotatable bonds is 8. The Kier molecular flexibility index (Phi) is 6.54. The van der Waals surface area contributed by atoms with Crippen LogP contribution in [-0.2, 0) is 19.3 Å². The van der Waals surface area contributed by atoms with Crippen LogP contribution in [0.4, 0.5) is 17.6 Å². The topological polar surface area (TPSA) is 92.0 Å². The van der Waals surface area contributed by atoms with Gasteiger partial charge in [-0.2, -0.15) is 13.2 Å². The van der Waals surface area contributed by atoms with Crippen molar-refractivity contribution in [3.8, 4) is 17.2 Å². The minimum absolute atomic E-state index is 0.0272. The number of halogens is 4. The van der Waals surface area contributed by atoms with Crippen LogP contribution >= 0.6 is 0 Å². The lowest BCUT2D eigenvalue weighted by Gasteiger charge is -2.07. The third-order valence-electron chi connectivity index (χ3n) is 5.14. The lowest BCUT2D eigenvalue weighted by atomic mass is 10.1. The molecule has 3 aromatic heterocycles. The van der Waals surface area contributed by atoms with Gasteiger partial charge in [0, 0.05) is 23.4 Å². The van der Waals surface area contributed by atoms with E-state index >= 15 is 0 Å². The number of hydrogen-bond donors (Lipinski definition) is 0. The van der Waals surface area contributed by atoms with Gasteiger partial charge < -0.3 is 13.6 Å². The smallest absolute Gasteiger partial charge is 0.416 e. The number of benzene rings is 2. The van der Waals surface area contributed by atoms with E-state index in [1.165, 1.54) is 18.4 Å². The van der Waals surface area contributed by atoms with E-state index in [1.807, 2.05) is 0 Å². The van der Waals surface area contributed by atoms with Crippen molar-refractivity contribution in [1.29, 1.82) is 0 Å². The van der Waals surface area contributed by atoms with Gasteiger partial charge in [0.05, 0.1) is 18.3 Å². The number of alkyl halides is 3. The largest absolute Gasteiger partial charge is 0.487 e. The summed E-state index contributed by atoms with van der Waals surface area (Å²) < 4.78 is 70.2. The van der Waals surface area contributed by atoms with Crippen LogP contribution < -0.4 is 4.74 Å². The summed E-state index contributed by atoms with van der Waals surface area (Å²) in [6, 6.07) is 9.41. The van der Waals surface area contributed by atoms with E-state index in [0.717, 1.165) is 17.7 Å². The van der Waals surface area contributed by atoms with Crippen molar-refractivity contribution in [2.45, 2.75) is 19.3 Å². The van der Waals surface area contributed by atoms with E-state index in [2.05, 4.69) is 20.3 Å². The van der Waals surface area contributed by atoms with Gasteiger partial charge in [-0.25, -0.2) is 19.0 Å². The molecule has 0 aliphatic heterocycles. The van der Waals surface area contributed by atoms with Gasteiger partial charge in [0.2, 0.25) is 11.8 Å². The Bertz CT molecular complexity index is 1510. The summed E-state index contributed by atoms with van der Waals surface area (Å²) in [6.07, 6.45) is 4.28. The lowest BCUT2D eigenvalue weighted by Crippen LogP contribution is -2.05. The molecule has 0 bridgehead atoms. The fraction of sp³-hybridized carbons (Fsp3) is 0.120. The van der Waals surface area contributed by atoms with Crippen LogP contribution in [0.2, 0.25) is 0 Å². The summed E-state index contributed by atoms with van der Waals surface area (Å²) in [7, 11) is 0. The Morgan fingerprint density at radius 1 is 0.946 bits per heavy atom. The molecule has 0 fully saturated rings. The van der Waals surface area contributed by atoms with Crippen LogP contribution in [0.25, 0.3) is 23.6 Å². The van der Waals surface area contributed by atoms with E-state index in [4.69, 9.17) is 13.6 Å². The van der Waals surface area contributed by atoms with Gasteiger partial charge in [0.25, 0.3) is 0 Å². The van der Waals surface area contributed by atoms with Crippen molar-refractivity contribution in [2.75, 3.05) is 0 Å². The SMILES string of the molecule is Fc1cc(C(F)(F)F)ccc1C=Cc1nc(COc2ccc(-c3nc(Cn4ccnn4)co3)cc2)co1. The average Bonchev–Trinajstić information content (AvgIpc) is 3.65. The second kappa shape index (κ2) is 10.1. The molecule has 37 heavy (non-hydrogen) atoms. The predicted octanol–water partition coefficient (Wildman–Crippen LogP) is 5.88. The lowest BCUT2D eigenvalue weighted by molar-refractivity contribution is -0.137. The zero-order valence-corrected chi connectivity index (χ0v) is 18.9. The summed E-state index contributed by atoms with van der Waals surface area (Å²) in [5.41, 5.74) is 0.862. The zero-order chi connectivity index (χ0) is 25.8. The van der Waals surface area contributed by atoms with Crippen LogP contribution in [0.5, 0.6) is 5.75 Å². The van der Waals surface area contributed by atoms with E-state index < -0.39 is 17.6 Å². The monoisotopic (exact) mass is 511 g/mol. The maximum Gasteiger partial charge on any atom is 0.416 e. The fourth-order valence-corrected chi connectivity index (χ4v) is 3.31. The third-order valence-corrected chi connectivity index (χ3v) is 5.14. The van der Waals surface area contributed by atoms with Crippen molar-refractivity contribution in [1.82, 2.24) is 25.0 Å². The summed E-state index contributed by atoms with van der Waals surface area (Å²) in [4.78, 5) is 8.65. The van der Waals surface area contributed by atoms with Crippen molar-refractivity contribution in [2.24, 2.45) is 0 Å². The highest BCUT2D eigenvalue weighted by Gasteiger charge is 2.31. The number of ether oxygens (including phenoxy) is 1. The molecule has 0 N–H and O–H groups in total. The molecule has 0 amide bonds. The van der Waals surface area contributed by atoms with Crippen LogP contribution in [0, 0.1) is 5.82 Å². The standard InChI is InChI=1S/C25H17F4N5O3/c26-22-11-18(25(27,28)29)5-1-16(22)4-8-23-31-20(15-36-23)14-35-21-6-2-17(3-7-21)24-32-19(13-37-24)12-34-10-9-30-33-34/h1-11,13,15H,12,14H2. The highest BCUT2D eigenvalue weighted by Crippen LogP contribution is 2.30. The van der Waals surface area contributed by atoms with Crippen molar-refractivity contribution in [3.63, 3.8) is 0 Å². The van der Waals surface area contributed by atoms with E-state index in [1.54, 1.807) is 47.6 Å². The fourth-order valence-electron chi connectivity index (χ4n) is 3.31. The molecule has 8 nitrogen and oxygen atoms in total. The first kappa shape index (κ1) is 24.0. The third kappa shape index (κ3) is 5.92. The first-order valence-corrected chi connectivity index (χ1v) is 10.8. The Balaban J connectivity index is 1.16. The summed E-state index contributed by atoms with van der Waals surface area (Å²) in [5.74, 6) is 0.184. The molecule has 188 valence electrons. The van der Waals surface area contributed by atoms with Gasteiger partial charge in [-0.1, -0.05) is 11.3 Å². The highest BCUT2D eigenvalue weighted by atomic mass is 19.4. The molecule has 0 aliphatic carbocycles. The number of aromatic nitrogens is 5. The quantitative estimate of drug-likeness (QED) is 0.240. The maximum absolute atomic E-state index is 14.0. The molecule has 5 aromatic rings. The molecule has 0 aliphatic rings. The van der Waals surface area contributed by atoms with Crippen molar-refractivity contribution >= 4 is 12.2 Å². The van der Waals surface area contributed by atoms with Crippen LogP contribution in [-0.4, -0.2) is 25.0 Å². The molecule has 0 radical (unpaired) electrons. The molecule has 3 heterocycles. The Hall–Kier alpha value is -4.74. The molecule has 0 atom stereocenters. The first-order chi connectivity index (χ1) is 17.8. The second-order valence-electron chi connectivity index (χ2n) is 7.80. The molecule has 5 rings (SSSR count). The second-order valence-corrected chi connectivity index (χ2v) is 7.80. The minimum atomic E-state index is -4.61. The number of oxazole rings is 2. The van der Waals surface area contributed by atoms with E-state index in [-0.39, 0.29) is 18.1 Å². The van der Waals surface area contributed by atoms with Gasteiger partial charge in [-0.05, 0) is 42.5 Å². The van der Waals surface area contributed by atoms with Crippen LogP contribution in [0.1, 0.15) is 28.4 Å². The van der Waals surface area contributed by atoms with Gasteiger partial charge in [-0.15, -0.1) is 5.10 Å². The van der Waals surface area contributed by atoms with E-state index in [9.17, 15) is 17.6 Å². The van der Waals surface area contributed by atoms with Gasteiger partial charge in [0.15, 0.2) is 0 Å². The molecule has 12 heteroatoms. The van der Waals surface area contributed by atoms with Gasteiger partial charge in [0.1, 0.15) is 42.1 Å². The minimum Gasteiger partial charge on any atom is -0.487 e. The molecule has 0 unspecified atom stereocenters. The van der Waals surface area contributed by atoms with Crippen molar-refractivity contribution < 1.29 is 31.1 Å². The molecule has 0 saturated heterocycles. The molecule has 0 spiro atoms. The first-order valence-electron chi connectivity index (χ1n) is 10.8. The van der Waals surface area contributed by atoms with Gasteiger partial charge >= 0.3 is 6.18 Å². The predicted molar refractivity (Wildman–Crippen MR) is 122 cm³/mol. The molecular formula is C25H17F4N5O3. The Morgan fingerprint density at radius 3 is 2.49 bits per heavy atom. The normalized spacial score (nSPS) is 11.9. The maximum atomic E-state index is 14.0. The van der Waals surface area contributed by atoms with Gasteiger partial charge in [-0.3, -0.25) is 0 Å². The van der Waals surface area contributed by atoms with Crippen molar-refractivity contribution in [3.05, 3.63) is 102 Å².